The number of fused-ring (bicyclic) bond motifs is 1. The Balaban J connectivity index is 0.000000637. The van der Waals surface area contributed by atoms with Crippen LogP contribution in [0.5, 0.6) is 5.75 Å². The normalized spacial score (nSPS) is 21.7. The van der Waals surface area contributed by atoms with Crippen LogP contribution in [-0.4, -0.2) is 23.2 Å². The van der Waals surface area contributed by atoms with E-state index in [2.05, 4.69) is 34.0 Å². The molecule has 3 nitrogen and oxygen atoms in total. The lowest BCUT2D eigenvalue weighted by Gasteiger charge is -2.26. The lowest BCUT2D eigenvalue weighted by Crippen LogP contribution is -2.28. The summed E-state index contributed by atoms with van der Waals surface area (Å²) in [6, 6.07) is 6.07. The van der Waals surface area contributed by atoms with Gasteiger partial charge in [-0.05, 0) is 46.9 Å². The second-order valence-corrected chi connectivity index (χ2v) is 5.12. The molecule has 1 atom stereocenters. The van der Waals surface area contributed by atoms with Crippen molar-refractivity contribution >= 4 is 22.6 Å². The van der Waals surface area contributed by atoms with Gasteiger partial charge in [-0.1, -0.05) is 35.1 Å². The van der Waals surface area contributed by atoms with Crippen LogP contribution in [0.3, 0.4) is 0 Å². The minimum Gasteiger partial charge on any atom is -0.493 e. The number of β-amino-alcohol motifs (C(OH)–C–C–N with tert-alkyl or cyclic N) is 1. The molecule has 1 fully saturated rings. The predicted octanol–water partition coefficient (Wildman–Crippen LogP) is 3.05. The fourth-order valence-corrected chi connectivity index (χ4v) is 2.46. The van der Waals surface area contributed by atoms with Gasteiger partial charge in [-0.2, -0.15) is 0 Å². The van der Waals surface area contributed by atoms with Crippen molar-refractivity contribution in [2.45, 2.75) is 31.9 Å². The maximum absolute atomic E-state index is 9.90. The van der Waals surface area contributed by atoms with Gasteiger partial charge in [0.15, 0.2) is 0 Å². The Kier molecular flexibility index (Phi) is 5.91. The van der Waals surface area contributed by atoms with Gasteiger partial charge in [0.25, 0.3) is 0 Å². The predicted molar refractivity (Wildman–Crippen MR) is 85.9 cm³/mol. The van der Waals surface area contributed by atoms with E-state index in [0.717, 1.165) is 30.4 Å². The molecule has 3 rings (SSSR count). The lowest BCUT2D eigenvalue weighted by molar-refractivity contribution is 0.162. The summed E-state index contributed by atoms with van der Waals surface area (Å²) in [6.45, 7) is 2.31. The Morgan fingerprint density at radius 2 is 2.16 bits per heavy atom. The molecule has 0 aromatic heterocycles. The molecule has 0 bridgehead atoms. The zero-order chi connectivity index (χ0) is 13.7. The smallest absolute Gasteiger partial charge is 0.119 e. The summed E-state index contributed by atoms with van der Waals surface area (Å²) >= 11 is 2.15. The Hall–Kier alpha value is -0.330. The first-order valence-corrected chi connectivity index (χ1v) is 9.01. The molecule has 2 N–H and O–H groups in total. The fourth-order valence-electron chi connectivity index (χ4n) is 2.46. The number of rotatable bonds is 3. The van der Waals surface area contributed by atoms with Crippen LogP contribution < -0.4 is 10.1 Å². The van der Waals surface area contributed by atoms with Crippen molar-refractivity contribution in [2.24, 2.45) is 5.92 Å². The standard InChI is InChI=1S/C14H19NO2.CH3I/c16-14-8-15-7-11-4-5-12(6-13(11)14)17-9-10-2-1-3-10;1-2/h4-6,10,14-16H,1-3,7-9H2;1H3. The number of aliphatic hydroxyl groups is 1. The molecule has 1 aliphatic heterocycles. The third-order valence-corrected chi connectivity index (χ3v) is 3.84. The highest BCUT2D eigenvalue weighted by molar-refractivity contribution is 14.1. The topological polar surface area (TPSA) is 41.5 Å². The number of ether oxygens (including phenoxy) is 1. The Labute approximate surface area is 128 Å². The van der Waals surface area contributed by atoms with E-state index in [4.69, 9.17) is 4.74 Å². The molecule has 0 spiro atoms. The van der Waals surface area contributed by atoms with Gasteiger partial charge in [-0.15, -0.1) is 0 Å². The van der Waals surface area contributed by atoms with Gasteiger partial charge < -0.3 is 15.2 Å². The Morgan fingerprint density at radius 1 is 1.37 bits per heavy atom. The van der Waals surface area contributed by atoms with E-state index in [1.165, 1.54) is 24.8 Å². The molecule has 106 valence electrons. The number of benzene rings is 1. The third-order valence-electron chi connectivity index (χ3n) is 3.84. The van der Waals surface area contributed by atoms with Crippen molar-refractivity contribution in [2.75, 3.05) is 18.1 Å². The van der Waals surface area contributed by atoms with Crippen molar-refractivity contribution in [1.29, 1.82) is 0 Å². The van der Waals surface area contributed by atoms with Crippen LogP contribution in [0.2, 0.25) is 0 Å². The molecule has 19 heavy (non-hydrogen) atoms. The van der Waals surface area contributed by atoms with Crippen LogP contribution in [0.25, 0.3) is 0 Å². The van der Waals surface area contributed by atoms with Crippen LogP contribution in [0.4, 0.5) is 0 Å². The Morgan fingerprint density at radius 3 is 2.84 bits per heavy atom. The molecule has 0 amide bonds. The van der Waals surface area contributed by atoms with Gasteiger partial charge in [0.2, 0.25) is 0 Å². The number of hydrogen-bond acceptors (Lipinski definition) is 3. The van der Waals surface area contributed by atoms with Crippen molar-refractivity contribution in [3.63, 3.8) is 0 Å². The van der Waals surface area contributed by atoms with Crippen LogP contribution in [0.15, 0.2) is 18.2 Å². The number of hydrogen-bond donors (Lipinski definition) is 2. The number of nitrogens with one attached hydrogen (secondary N) is 1. The summed E-state index contributed by atoms with van der Waals surface area (Å²) in [6.07, 6.45) is 3.56. The lowest BCUT2D eigenvalue weighted by atomic mass is 9.86. The van der Waals surface area contributed by atoms with E-state index in [1.807, 2.05) is 17.1 Å². The monoisotopic (exact) mass is 375 g/mol. The van der Waals surface area contributed by atoms with Gasteiger partial charge in [-0.25, -0.2) is 0 Å². The van der Waals surface area contributed by atoms with Crippen LogP contribution in [-0.2, 0) is 6.54 Å². The van der Waals surface area contributed by atoms with Crippen molar-refractivity contribution in [3.8, 4) is 5.75 Å². The second-order valence-electron chi connectivity index (χ2n) is 5.12. The molecule has 1 saturated carbocycles. The molecule has 2 aliphatic rings. The first-order valence-electron chi connectivity index (χ1n) is 6.85. The van der Waals surface area contributed by atoms with E-state index in [9.17, 15) is 5.11 Å². The van der Waals surface area contributed by atoms with Crippen LogP contribution in [0.1, 0.15) is 36.5 Å². The fraction of sp³-hybridized carbons (Fsp3) is 0.600. The largest absolute Gasteiger partial charge is 0.493 e. The summed E-state index contributed by atoms with van der Waals surface area (Å²) in [5, 5.41) is 13.1. The first-order chi connectivity index (χ1) is 9.33. The maximum atomic E-state index is 9.90. The second kappa shape index (κ2) is 7.45. The molecular formula is C15H22INO2. The third kappa shape index (κ3) is 3.83. The summed E-state index contributed by atoms with van der Waals surface area (Å²) in [5.74, 6) is 1.65. The van der Waals surface area contributed by atoms with Gasteiger partial charge in [0.1, 0.15) is 5.75 Å². The molecule has 1 unspecified atom stereocenters. The average molecular weight is 375 g/mol. The molecule has 1 heterocycles. The Bertz CT molecular complexity index is 407. The van der Waals surface area contributed by atoms with Crippen LogP contribution in [0, 0.1) is 5.92 Å². The van der Waals surface area contributed by atoms with Crippen LogP contribution >= 0.6 is 22.6 Å². The minimum atomic E-state index is -0.397. The van der Waals surface area contributed by atoms with Gasteiger partial charge in [-0.3, -0.25) is 0 Å². The summed E-state index contributed by atoms with van der Waals surface area (Å²) in [4.78, 5) is 1.97. The van der Waals surface area contributed by atoms with Gasteiger partial charge in [0, 0.05) is 13.1 Å². The molecular weight excluding hydrogens is 353 g/mol. The number of halogens is 1. The first kappa shape index (κ1) is 15.1. The summed E-state index contributed by atoms with van der Waals surface area (Å²) in [5.41, 5.74) is 2.20. The molecule has 0 radical (unpaired) electrons. The quantitative estimate of drug-likeness (QED) is 0.631. The summed E-state index contributed by atoms with van der Waals surface area (Å²) < 4.78 is 5.79. The maximum Gasteiger partial charge on any atom is 0.119 e. The molecule has 4 heteroatoms. The van der Waals surface area contributed by atoms with Crippen molar-refractivity contribution in [3.05, 3.63) is 29.3 Å². The van der Waals surface area contributed by atoms with E-state index >= 15 is 0 Å². The van der Waals surface area contributed by atoms with E-state index in [1.54, 1.807) is 0 Å². The summed E-state index contributed by atoms with van der Waals surface area (Å²) in [7, 11) is 0. The number of aliphatic hydroxyl groups excluding tert-OH is 1. The van der Waals surface area contributed by atoms with Gasteiger partial charge in [0.05, 0.1) is 12.7 Å². The molecule has 1 aromatic carbocycles. The average Bonchev–Trinajstić information content (AvgIpc) is 2.40. The highest BCUT2D eigenvalue weighted by Gasteiger charge is 2.20. The molecule has 1 aromatic rings. The zero-order valence-electron chi connectivity index (χ0n) is 11.4. The highest BCUT2D eigenvalue weighted by atomic mass is 127. The zero-order valence-corrected chi connectivity index (χ0v) is 13.5. The number of alkyl halides is 1. The van der Waals surface area contributed by atoms with Crippen molar-refractivity contribution < 1.29 is 9.84 Å². The van der Waals surface area contributed by atoms with Gasteiger partial charge >= 0.3 is 0 Å². The molecule has 1 aliphatic carbocycles. The highest BCUT2D eigenvalue weighted by Crippen LogP contribution is 2.29. The van der Waals surface area contributed by atoms with E-state index < -0.39 is 6.10 Å². The van der Waals surface area contributed by atoms with E-state index in [-0.39, 0.29) is 0 Å². The minimum absolute atomic E-state index is 0.397. The molecule has 0 saturated heterocycles. The van der Waals surface area contributed by atoms with Crippen molar-refractivity contribution in [1.82, 2.24) is 5.32 Å². The SMILES string of the molecule is CI.OC1CNCc2ccc(OCC3CCC3)cc21. The van der Waals surface area contributed by atoms with E-state index in [0.29, 0.717) is 6.54 Å².